The zero-order chi connectivity index (χ0) is 21.2. The lowest BCUT2D eigenvalue weighted by atomic mass is 9.84. The van der Waals surface area contributed by atoms with Gasteiger partial charge in [-0.25, -0.2) is 14.3 Å². The van der Waals surface area contributed by atoms with E-state index in [2.05, 4.69) is 10.3 Å². The summed E-state index contributed by atoms with van der Waals surface area (Å²) < 4.78 is 8.96. The van der Waals surface area contributed by atoms with Crippen molar-refractivity contribution in [3.05, 3.63) is 30.9 Å². The van der Waals surface area contributed by atoms with E-state index in [1.807, 2.05) is 56.9 Å². The lowest BCUT2D eigenvalue weighted by Gasteiger charge is -2.29. The van der Waals surface area contributed by atoms with Crippen LogP contribution in [-0.2, 0) is 11.8 Å². The highest BCUT2D eigenvalue weighted by atomic mass is 16.6. The third kappa shape index (κ3) is 5.34. The van der Waals surface area contributed by atoms with Crippen molar-refractivity contribution in [3.63, 3.8) is 0 Å². The van der Waals surface area contributed by atoms with Gasteiger partial charge in [-0.15, -0.1) is 0 Å². The van der Waals surface area contributed by atoms with Crippen LogP contribution in [0.4, 0.5) is 10.6 Å². The summed E-state index contributed by atoms with van der Waals surface area (Å²) in [5, 5.41) is 11.6. The first kappa shape index (κ1) is 20.8. The van der Waals surface area contributed by atoms with Crippen molar-refractivity contribution in [1.82, 2.24) is 14.9 Å². The molecule has 1 aliphatic carbocycles. The van der Waals surface area contributed by atoms with Crippen molar-refractivity contribution < 1.29 is 14.1 Å². The molecule has 2 aromatic rings. The molecule has 1 saturated carbocycles. The van der Waals surface area contributed by atoms with Crippen LogP contribution in [0.3, 0.4) is 0 Å². The van der Waals surface area contributed by atoms with Crippen LogP contribution in [-0.4, -0.2) is 33.1 Å². The van der Waals surface area contributed by atoms with E-state index in [1.165, 1.54) is 0 Å². The summed E-state index contributed by atoms with van der Waals surface area (Å²) in [7, 11) is 1.92. The molecule has 0 aliphatic heterocycles. The molecule has 2 atom stereocenters. The quantitative estimate of drug-likeness (QED) is 0.419. The third-order valence-electron chi connectivity index (χ3n) is 5.03. The van der Waals surface area contributed by atoms with Gasteiger partial charge in [0.15, 0.2) is 0 Å². The van der Waals surface area contributed by atoms with E-state index in [-0.39, 0.29) is 12.0 Å². The number of hydrogen-bond acceptors (Lipinski definition) is 5. The largest absolute Gasteiger partial charge is 0.444 e. The molecule has 29 heavy (non-hydrogen) atoms. The van der Waals surface area contributed by atoms with Crippen molar-refractivity contribution in [2.24, 2.45) is 13.0 Å². The van der Waals surface area contributed by atoms with E-state index >= 15 is 0 Å². The molecular weight excluding hydrogens is 368 g/mol. The summed E-state index contributed by atoms with van der Waals surface area (Å²) in [6, 6.07) is 3.77. The fourth-order valence-electron chi connectivity index (χ4n) is 3.70. The Bertz CT molecular complexity index is 899. The highest BCUT2D eigenvalue weighted by molar-refractivity contribution is 5.75. The van der Waals surface area contributed by atoms with E-state index in [0.717, 1.165) is 30.5 Å². The van der Waals surface area contributed by atoms with Crippen LogP contribution in [0.5, 0.6) is 0 Å². The second kappa shape index (κ2) is 8.23. The molecule has 0 unspecified atom stereocenters. The van der Waals surface area contributed by atoms with E-state index in [4.69, 9.17) is 15.9 Å². The minimum absolute atomic E-state index is 0.00133. The number of imidazole rings is 1. The van der Waals surface area contributed by atoms with Crippen molar-refractivity contribution in [2.45, 2.75) is 58.1 Å². The number of nitrogens with zero attached hydrogens (tertiary/aromatic N) is 3. The Balaban J connectivity index is 1.67. The minimum Gasteiger partial charge on any atom is -0.444 e. The molecule has 8 heteroatoms. The average Bonchev–Trinajstić information content (AvgIpc) is 3.06. The molecule has 1 fully saturated rings. The number of nitrogen functional groups attached to an aromatic ring is 1. The van der Waals surface area contributed by atoms with Gasteiger partial charge in [-0.05, 0) is 46.1 Å². The van der Waals surface area contributed by atoms with Crippen LogP contribution < -0.4 is 15.6 Å². The second-order valence-electron chi connectivity index (χ2n) is 8.73. The maximum atomic E-state index is 12.1. The average molecular weight is 400 g/mol. The van der Waals surface area contributed by atoms with Gasteiger partial charge in [-0.1, -0.05) is 6.42 Å². The number of nitrogens with two attached hydrogens (primary N) is 1. The number of carbonyl (C=O) groups is 1. The van der Waals surface area contributed by atoms with Crippen LogP contribution in [0.1, 0.15) is 46.5 Å². The maximum absolute atomic E-state index is 12.1. The van der Waals surface area contributed by atoms with Crippen LogP contribution in [0, 0.1) is 11.3 Å². The number of aromatic nitrogens is 3. The SMILES string of the molecule is Cn1cnc(-c2cc[n+](C(=N)[C@H]3CCC[C@@H](NC(=O)OC(C)(C)C)C3)c(N)c2)c1. The fraction of sp³-hybridized carbons (Fsp3) is 0.524. The van der Waals surface area contributed by atoms with E-state index in [1.54, 1.807) is 10.9 Å². The predicted molar refractivity (Wildman–Crippen MR) is 111 cm³/mol. The number of ether oxygens (including phenoxy) is 1. The summed E-state index contributed by atoms with van der Waals surface area (Å²) in [4.78, 5) is 16.4. The van der Waals surface area contributed by atoms with Crippen LogP contribution in [0.2, 0.25) is 0 Å². The smallest absolute Gasteiger partial charge is 0.407 e. The van der Waals surface area contributed by atoms with E-state index < -0.39 is 11.7 Å². The predicted octanol–water partition coefficient (Wildman–Crippen LogP) is 2.87. The van der Waals surface area contributed by atoms with Crippen molar-refractivity contribution in [1.29, 1.82) is 5.41 Å². The molecule has 0 spiro atoms. The van der Waals surface area contributed by atoms with Crippen molar-refractivity contribution in [2.75, 3.05) is 5.73 Å². The summed E-state index contributed by atoms with van der Waals surface area (Å²) in [6.07, 6.45) is 8.54. The molecule has 0 saturated heterocycles. The second-order valence-corrected chi connectivity index (χ2v) is 8.73. The number of alkyl carbamates (subject to hydrolysis) is 1. The normalized spacial score (nSPS) is 19.6. The van der Waals surface area contributed by atoms with Crippen LogP contribution in [0.25, 0.3) is 11.3 Å². The van der Waals surface area contributed by atoms with Gasteiger partial charge in [0.2, 0.25) is 11.7 Å². The molecule has 0 aromatic carbocycles. The Morgan fingerprint density at radius 1 is 1.41 bits per heavy atom. The molecule has 0 bridgehead atoms. The Labute approximate surface area is 171 Å². The first-order valence-electron chi connectivity index (χ1n) is 10.0. The molecular formula is C21H31N6O2+. The Morgan fingerprint density at radius 3 is 2.79 bits per heavy atom. The topological polar surface area (TPSA) is 110 Å². The van der Waals surface area contributed by atoms with Gasteiger partial charge in [0.05, 0.1) is 24.1 Å². The summed E-state index contributed by atoms with van der Waals surface area (Å²) in [5.74, 6) is 0.975. The first-order valence-corrected chi connectivity index (χ1v) is 10.0. The van der Waals surface area contributed by atoms with Gasteiger partial charge < -0.3 is 20.4 Å². The molecule has 2 aromatic heterocycles. The number of nitrogens with one attached hydrogen (secondary N) is 2. The van der Waals surface area contributed by atoms with E-state index in [0.29, 0.717) is 18.1 Å². The van der Waals surface area contributed by atoms with Crippen molar-refractivity contribution >= 4 is 17.7 Å². The number of carbonyl (C=O) groups excluding carboxylic acids is 1. The number of anilines is 1. The van der Waals surface area contributed by atoms with Crippen molar-refractivity contribution in [3.8, 4) is 11.3 Å². The lowest BCUT2D eigenvalue weighted by Crippen LogP contribution is -2.51. The number of rotatable bonds is 3. The van der Waals surface area contributed by atoms with Crippen LogP contribution >= 0.6 is 0 Å². The molecule has 156 valence electrons. The van der Waals surface area contributed by atoms with Gasteiger partial charge in [-0.2, -0.15) is 5.41 Å². The van der Waals surface area contributed by atoms with Gasteiger partial charge in [-0.3, -0.25) is 0 Å². The standard InChI is InChI=1S/C21H30N6O2/c1-21(2,3)29-20(28)25-16-7-5-6-15(10-16)19(23)27-9-8-14(11-18(27)22)17-12-26(4)13-24-17/h8-9,11-13,15-16,22-23H,5-7,10H2,1-4H3,(H,25,28)/p+1/t15-,16+/m0/s1. The first-order chi connectivity index (χ1) is 13.6. The molecule has 8 nitrogen and oxygen atoms in total. The number of hydrogen-bond donors (Lipinski definition) is 3. The molecule has 1 aliphatic rings. The maximum Gasteiger partial charge on any atom is 0.407 e. The molecule has 3 rings (SSSR count). The summed E-state index contributed by atoms with van der Waals surface area (Å²) in [5.41, 5.74) is 7.49. The van der Waals surface area contributed by atoms with Crippen LogP contribution in [0.15, 0.2) is 30.9 Å². The van der Waals surface area contributed by atoms with Gasteiger partial charge >= 0.3 is 6.09 Å². The molecule has 0 radical (unpaired) electrons. The zero-order valence-electron chi connectivity index (χ0n) is 17.6. The van der Waals surface area contributed by atoms with Gasteiger partial charge in [0.25, 0.3) is 0 Å². The fourth-order valence-corrected chi connectivity index (χ4v) is 3.70. The Morgan fingerprint density at radius 2 is 2.17 bits per heavy atom. The zero-order valence-corrected chi connectivity index (χ0v) is 17.6. The number of pyridine rings is 1. The highest BCUT2D eigenvalue weighted by Crippen LogP contribution is 2.26. The molecule has 1 amide bonds. The van der Waals surface area contributed by atoms with Gasteiger partial charge in [0.1, 0.15) is 5.60 Å². The Kier molecular flexibility index (Phi) is 5.91. The Hall–Kier alpha value is -2.90. The number of aryl methyl sites for hydroxylation is 1. The summed E-state index contributed by atoms with van der Waals surface area (Å²) >= 11 is 0. The molecule has 4 N–H and O–H groups in total. The monoisotopic (exact) mass is 399 g/mol. The molecule has 2 heterocycles. The third-order valence-corrected chi connectivity index (χ3v) is 5.03. The minimum atomic E-state index is -0.523. The summed E-state index contributed by atoms with van der Waals surface area (Å²) in [6.45, 7) is 5.54. The van der Waals surface area contributed by atoms with Gasteiger partial charge in [0, 0.05) is 30.9 Å². The van der Waals surface area contributed by atoms with E-state index in [9.17, 15) is 4.79 Å². The number of amides is 1. The highest BCUT2D eigenvalue weighted by Gasteiger charge is 2.31. The lowest BCUT2D eigenvalue weighted by molar-refractivity contribution is -0.545.